The first kappa shape index (κ1) is 13.7. The van der Waals surface area contributed by atoms with Gasteiger partial charge in [0.15, 0.2) is 0 Å². The van der Waals surface area contributed by atoms with Gasteiger partial charge < -0.3 is 4.98 Å². The van der Waals surface area contributed by atoms with E-state index >= 15 is 0 Å². The van der Waals surface area contributed by atoms with E-state index in [0.717, 1.165) is 0 Å². The second kappa shape index (κ2) is 5.27. The highest BCUT2D eigenvalue weighted by Gasteiger charge is 2.14. The Hall–Kier alpha value is -2.25. The molecule has 0 fully saturated rings. The minimum Gasteiger partial charge on any atom is -0.345 e. The summed E-state index contributed by atoms with van der Waals surface area (Å²) in [6.45, 7) is 0.101. The van der Waals surface area contributed by atoms with Gasteiger partial charge in [-0.2, -0.15) is 0 Å². The van der Waals surface area contributed by atoms with Gasteiger partial charge in [-0.05, 0) is 35.9 Å². The fourth-order valence-corrected chi connectivity index (χ4v) is 2.99. The molecule has 1 heterocycles. The smallest absolute Gasteiger partial charge is 0.240 e. The number of hydrogen-bond acceptors (Lipinski definition) is 3. The maximum atomic E-state index is 12.8. The average molecular weight is 305 g/mol. The maximum Gasteiger partial charge on any atom is 0.240 e. The quantitative estimate of drug-likeness (QED) is 0.776. The number of aromatic amines is 1. The van der Waals surface area contributed by atoms with E-state index in [-0.39, 0.29) is 17.3 Å². The van der Waals surface area contributed by atoms with Gasteiger partial charge in [-0.25, -0.2) is 22.5 Å². The Morgan fingerprint density at radius 3 is 2.67 bits per heavy atom. The highest BCUT2D eigenvalue weighted by Crippen LogP contribution is 2.16. The molecule has 0 saturated heterocycles. The molecule has 2 N–H and O–H groups in total. The molecule has 7 heteroatoms. The molecule has 0 saturated carbocycles. The molecule has 0 spiro atoms. The van der Waals surface area contributed by atoms with Crippen molar-refractivity contribution in [1.82, 2.24) is 14.7 Å². The molecule has 0 bridgehead atoms. The van der Waals surface area contributed by atoms with Crippen LogP contribution >= 0.6 is 0 Å². The number of aromatic nitrogens is 2. The Morgan fingerprint density at radius 2 is 1.90 bits per heavy atom. The number of nitrogens with one attached hydrogen (secondary N) is 2. The summed E-state index contributed by atoms with van der Waals surface area (Å²) in [6.07, 6.45) is 1.51. The van der Waals surface area contributed by atoms with Crippen molar-refractivity contribution in [2.75, 3.05) is 0 Å². The summed E-state index contributed by atoms with van der Waals surface area (Å²) < 4.78 is 39.7. The zero-order valence-corrected chi connectivity index (χ0v) is 11.7. The number of halogens is 1. The van der Waals surface area contributed by atoms with Crippen molar-refractivity contribution in [3.63, 3.8) is 0 Å². The van der Waals surface area contributed by atoms with E-state index in [1.54, 1.807) is 6.07 Å². The van der Waals surface area contributed by atoms with E-state index in [2.05, 4.69) is 14.7 Å². The molecular weight excluding hydrogens is 293 g/mol. The third-order valence-corrected chi connectivity index (χ3v) is 4.48. The van der Waals surface area contributed by atoms with Gasteiger partial charge in [0.1, 0.15) is 5.82 Å². The molecule has 0 atom stereocenters. The number of sulfonamides is 1. The minimum absolute atomic E-state index is 0.101. The molecule has 0 amide bonds. The zero-order valence-electron chi connectivity index (χ0n) is 10.9. The van der Waals surface area contributed by atoms with Gasteiger partial charge in [-0.1, -0.05) is 12.1 Å². The number of rotatable bonds is 4. The van der Waals surface area contributed by atoms with Crippen LogP contribution < -0.4 is 4.72 Å². The molecule has 1 aromatic heterocycles. The molecular formula is C14H12FN3O2S. The van der Waals surface area contributed by atoms with E-state index in [1.807, 2.05) is 0 Å². The van der Waals surface area contributed by atoms with Crippen molar-refractivity contribution in [2.45, 2.75) is 11.4 Å². The van der Waals surface area contributed by atoms with Crippen molar-refractivity contribution in [2.24, 2.45) is 0 Å². The molecule has 3 aromatic rings. The third kappa shape index (κ3) is 2.93. The summed E-state index contributed by atoms with van der Waals surface area (Å²) in [4.78, 5) is 7.06. The van der Waals surface area contributed by atoms with Crippen LogP contribution in [0.25, 0.3) is 11.0 Å². The van der Waals surface area contributed by atoms with Crippen molar-refractivity contribution >= 4 is 21.1 Å². The van der Waals surface area contributed by atoms with Gasteiger partial charge in [0, 0.05) is 6.54 Å². The van der Waals surface area contributed by atoms with Crippen LogP contribution in [0.3, 0.4) is 0 Å². The van der Waals surface area contributed by atoms with E-state index in [0.29, 0.717) is 16.6 Å². The zero-order chi connectivity index (χ0) is 14.9. The lowest BCUT2D eigenvalue weighted by Gasteiger charge is -2.07. The summed E-state index contributed by atoms with van der Waals surface area (Å²) in [5, 5.41) is 0. The van der Waals surface area contributed by atoms with Crippen LogP contribution in [0, 0.1) is 5.82 Å². The normalized spacial score (nSPS) is 11.9. The minimum atomic E-state index is -3.63. The van der Waals surface area contributed by atoms with Gasteiger partial charge in [-0.15, -0.1) is 0 Å². The van der Waals surface area contributed by atoms with Crippen molar-refractivity contribution in [1.29, 1.82) is 0 Å². The standard InChI is InChI=1S/C14H12FN3O2S/c15-11-3-1-10(2-4-11)8-18-21(19,20)12-5-6-13-14(7-12)17-9-16-13/h1-7,9,18H,8H2,(H,16,17). The number of benzene rings is 2. The first-order valence-electron chi connectivity index (χ1n) is 6.22. The Balaban J connectivity index is 1.81. The molecule has 3 rings (SSSR count). The Kier molecular flexibility index (Phi) is 3.44. The Bertz CT molecular complexity index is 873. The summed E-state index contributed by atoms with van der Waals surface area (Å²) in [6, 6.07) is 10.3. The van der Waals surface area contributed by atoms with Gasteiger partial charge in [0.2, 0.25) is 10.0 Å². The molecule has 21 heavy (non-hydrogen) atoms. The van der Waals surface area contributed by atoms with Gasteiger partial charge in [0.25, 0.3) is 0 Å². The fraction of sp³-hybridized carbons (Fsp3) is 0.0714. The van der Waals surface area contributed by atoms with Crippen LogP contribution in [0.15, 0.2) is 53.7 Å². The van der Waals surface area contributed by atoms with E-state index in [9.17, 15) is 12.8 Å². The predicted molar refractivity (Wildman–Crippen MR) is 76.5 cm³/mol. The topological polar surface area (TPSA) is 74.8 Å². The lowest BCUT2D eigenvalue weighted by Crippen LogP contribution is -2.23. The molecule has 0 aliphatic carbocycles. The van der Waals surface area contributed by atoms with E-state index in [1.165, 1.54) is 42.7 Å². The Morgan fingerprint density at radius 1 is 1.14 bits per heavy atom. The van der Waals surface area contributed by atoms with E-state index in [4.69, 9.17) is 0 Å². The fourth-order valence-electron chi connectivity index (χ4n) is 1.95. The first-order valence-corrected chi connectivity index (χ1v) is 7.70. The molecule has 0 unspecified atom stereocenters. The summed E-state index contributed by atoms with van der Waals surface area (Å²) >= 11 is 0. The Labute approximate surface area is 120 Å². The second-order valence-corrected chi connectivity index (χ2v) is 6.30. The number of nitrogens with zero attached hydrogens (tertiary/aromatic N) is 1. The molecule has 2 aromatic carbocycles. The molecule has 0 radical (unpaired) electrons. The number of hydrogen-bond donors (Lipinski definition) is 2. The highest BCUT2D eigenvalue weighted by molar-refractivity contribution is 7.89. The highest BCUT2D eigenvalue weighted by atomic mass is 32.2. The number of fused-ring (bicyclic) bond motifs is 1. The largest absolute Gasteiger partial charge is 0.345 e. The SMILES string of the molecule is O=S(=O)(NCc1ccc(F)cc1)c1ccc2nc[nH]c2c1. The molecule has 0 aliphatic rings. The number of H-pyrrole nitrogens is 1. The van der Waals surface area contributed by atoms with Crippen LogP contribution in [-0.4, -0.2) is 18.4 Å². The summed E-state index contributed by atoms with van der Waals surface area (Å²) in [5.41, 5.74) is 2.04. The lowest BCUT2D eigenvalue weighted by atomic mass is 10.2. The molecule has 108 valence electrons. The molecule has 5 nitrogen and oxygen atoms in total. The average Bonchev–Trinajstić information content (AvgIpc) is 2.94. The monoisotopic (exact) mass is 305 g/mol. The van der Waals surface area contributed by atoms with E-state index < -0.39 is 10.0 Å². The van der Waals surface area contributed by atoms with Crippen LogP contribution in [0.1, 0.15) is 5.56 Å². The van der Waals surface area contributed by atoms with Gasteiger partial charge in [0.05, 0.1) is 22.3 Å². The van der Waals surface area contributed by atoms with Crippen LogP contribution in [0.4, 0.5) is 4.39 Å². The maximum absolute atomic E-state index is 12.8. The van der Waals surface area contributed by atoms with Crippen molar-refractivity contribution < 1.29 is 12.8 Å². The second-order valence-electron chi connectivity index (χ2n) is 4.53. The van der Waals surface area contributed by atoms with Crippen LogP contribution in [-0.2, 0) is 16.6 Å². The van der Waals surface area contributed by atoms with Gasteiger partial charge >= 0.3 is 0 Å². The number of imidazole rings is 1. The summed E-state index contributed by atoms with van der Waals surface area (Å²) in [5.74, 6) is -0.355. The van der Waals surface area contributed by atoms with Crippen molar-refractivity contribution in [3.8, 4) is 0 Å². The first-order chi connectivity index (χ1) is 10.0. The van der Waals surface area contributed by atoms with Crippen molar-refractivity contribution in [3.05, 3.63) is 60.2 Å². The lowest BCUT2D eigenvalue weighted by molar-refractivity contribution is 0.581. The molecule has 0 aliphatic heterocycles. The third-order valence-electron chi connectivity index (χ3n) is 3.08. The van der Waals surface area contributed by atoms with Gasteiger partial charge in [-0.3, -0.25) is 0 Å². The predicted octanol–water partition coefficient (Wildman–Crippen LogP) is 2.18. The van der Waals surface area contributed by atoms with Crippen LogP contribution in [0.5, 0.6) is 0 Å². The van der Waals surface area contributed by atoms with Crippen LogP contribution in [0.2, 0.25) is 0 Å². The summed E-state index contributed by atoms with van der Waals surface area (Å²) in [7, 11) is -3.63.